The molecular formula is C19H36O9. The van der Waals surface area contributed by atoms with Crippen LogP contribution in [0.15, 0.2) is 12.2 Å². The molecule has 0 fully saturated rings. The number of unbranched alkanes of at least 4 members (excludes halogenated alkanes) is 7. The molecule has 0 spiro atoms. The molecule has 0 aromatic carbocycles. The number of allylic oxidation sites excluding steroid dienone is 2. The molecule has 0 rings (SSSR count). The summed E-state index contributed by atoms with van der Waals surface area (Å²) < 4.78 is 0. The van der Waals surface area contributed by atoms with E-state index in [0.717, 1.165) is 12.8 Å². The van der Waals surface area contributed by atoms with Gasteiger partial charge in [-0.2, -0.15) is 0 Å². The molecule has 0 unspecified atom stereocenters. The number of carboxylic acids is 3. The largest absolute Gasteiger partial charge is 0.481 e. The van der Waals surface area contributed by atoms with E-state index in [-0.39, 0.29) is 13.2 Å². The first-order chi connectivity index (χ1) is 13.2. The lowest BCUT2D eigenvalue weighted by Gasteiger charge is -1.98. The van der Waals surface area contributed by atoms with Gasteiger partial charge in [0, 0.05) is 6.42 Å². The van der Waals surface area contributed by atoms with Crippen molar-refractivity contribution in [2.45, 2.75) is 77.2 Å². The van der Waals surface area contributed by atoms with Crippen molar-refractivity contribution in [1.29, 1.82) is 0 Å². The monoisotopic (exact) mass is 408 g/mol. The van der Waals surface area contributed by atoms with Crippen molar-refractivity contribution < 1.29 is 45.0 Å². The van der Waals surface area contributed by atoms with E-state index in [1.807, 2.05) is 0 Å². The summed E-state index contributed by atoms with van der Waals surface area (Å²) in [7, 11) is 0. The number of carboxylic acid groups (broad SMARTS) is 3. The Hall–Kier alpha value is -1.97. The number of rotatable bonds is 13. The summed E-state index contributed by atoms with van der Waals surface area (Å²) in [6.45, 7) is 1.48. The van der Waals surface area contributed by atoms with Gasteiger partial charge >= 0.3 is 17.9 Å². The zero-order valence-electron chi connectivity index (χ0n) is 16.6. The smallest absolute Gasteiger partial charge is 0.414 e. The van der Waals surface area contributed by atoms with E-state index in [9.17, 15) is 4.79 Å². The molecule has 0 aliphatic rings. The van der Waals surface area contributed by atoms with Gasteiger partial charge in [0.15, 0.2) is 0 Å². The molecule has 0 radical (unpaired) electrons. The van der Waals surface area contributed by atoms with E-state index in [0.29, 0.717) is 6.42 Å². The van der Waals surface area contributed by atoms with E-state index in [4.69, 9.17) is 40.2 Å². The molecule has 0 aromatic rings. The fraction of sp³-hybridized carbons (Fsp3) is 0.737. The number of aliphatic hydroxyl groups excluding tert-OH is 3. The Bertz CT molecular complexity index is 392. The van der Waals surface area contributed by atoms with Gasteiger partial charge in [-0.1, -0.05) is 51.2 Å². The molecule has 0 amide bonds. The lowest BCUT2D eigenvalue weighted by atomic mass is 10.1. The molecule has 9 nitrogen and oxygen atoms in total. The quantitative estimate of drug-likeness (QED) is 0.151. The molecule has 0 saturated heterocycles. The van der Waals surface area contributed by atoms with Gasteiger partial charge in [0.05, 0.1) is 13.2 Å². The number of hydrogen-bond acceptors (Lipinski definition) is 6. The van der Waals surface area contributed by atoms with Crippen molar-refractivity contribution in [2.75, 3.05) is 13.2 Å². The Labute approximate surface area is 166 Å². The molecule has 28 heavy (non-hydrogen) atoms. The Balaban J connectivity index is -0.000000426. The van der Waals surface area contributed by atoms with Gasteiger partial charge in [-0.15, -0.1) is 0 Å². The highest BCUT2D eigenvalue weighted by Crippen LogP contribution is 2.08. The SMILES string of the molecule is CCCC/C=C\CCCCCCCC(=O)O.O=C(O)C(=O)O.OCC(O)CO. The minimum atomic E-state index is -1.82. The molecule has 0 saturated carbocycles. The van der Waals surface area contributed by atoms with Gasteiger partial charge in [-0.25, -0.2) is 9.59 Å². The molecule has 9 heteroatoms. The third kappa shape index (κ3) is 35.2. The number of hydrogen-bond donors (Lipinski definition) is 6. The first kappa shape index (κ1) is 30.7. The van der Waals surface area contributed by atoms with Gasteiger partial charge in [-0.05, 0) is 25.7 Å². The minimum absolute atomic E-state index is 0.330. The molecule has 0 heterocycles. The summed E-state index contributed by atoms with van der Waals surface area (Å²) in [5, 5.41) is 47.2. The normalized spacial score (nSPS) is 10.0. The average molecular weight is 408 g/mol. The summed E-state index contributed by atoms with van der Waals surface area (Å²) in [4.78, 5) is 28.4. The first-order valence-corrected chi connectivity index (χ1v) is 9.45. The van der Waals surface area contributed by atoms with Crippen LogP contribution in [0.4, 0.5) is 0 Å². The molecule has 0 aliphatic heterocycles. The summed E-state index contributed by atoms with van der Waals surface area (Å²) in [6, 6.07) is 0. The van der Waals surface area contributed by atoms with Crippen LogP contribution in [-0.4, -0.2) is 67.9 Å². The van der Waals surface area contributed by atoms with Gasteiger partial charge in [0.1, 0.15) is 6.10 Å². The van der Waals surface area contributed by atoms with E-state index in [2.05, 4.69) is 19.1 Å². The summed E-state index contributed by atoms with van der Waals surface area (Å²) >= 11 is 0. The number of aliphatic hydroxyl groups is 3. The van der Waals surface area contributed by atoms with Crippen LogP contribution in [0.1, 0.15) is 71.1 Å². The predicted octanol–water partition coefficient (Wildman–Crippen LogP) is 2.04. The highest BCUT2D eigenvalue weighted by Gasteiger charge is 2.04. The molecule has 0 aromatic heterocycles. The van der Waals surface area contributed by atoms with Gasteiger partial charge in [0.25, 0.3) is 0 Å². The Morgan fingerprint density at radius 3 is 1.54 bits per heavy atom. The summed E-state index contributed by atoms with van der Waals surface area (Å²) in [6.07, 6.45) is 14.5. The van der Waals surface area contributed by atoms with E-state index in [1.54, 1.807) is 0 Å². The second kappa shape index (κ2) is 25.0. The third-order valence-electron chi connectivity index (χ3n) is 3.26. The first-order valence-electron chi connectivity index (χ1n) is 9.45. The zero-order valence-corrected chi connectivity index (χ0v) is 16.6. The fourth-order valence-electron chi connectivity index (χ4n) is 1.68. The number of aliphatic carboxylic acids is 3. The van der Waals surface area contributed by atoms with Crippen molar-refractivity contribution in [1.82, 2.24) is 0 Å². The fourth-order valence-corrected chi connectivity index (χ4v) is 1.68. The van der Waals surface area contributed by atoms with E-state index >= 15 is 0 Å². The maximum Gasteiger partial charge on any atom is 0.414 e. The highest BCUT2D eigenvalue weighted by molar-refractivity contribution is 6.27. The second-order valence-electron chi connectivity index (χ2n) is 5.94. The van der Waals surface area contributed by atoms with Crippen molar-refractivity contribution >= 4 is 17.9 Å². The van der Waals surface area contributed by atoms with Crippen molar-refractivity contribution in [3.05, 3.63) is 12.2 Å². The van der Waals surface area contributed by atoms with Crippen LogP contribution in [0.2, 0.25) is 0 Å². The maximum absolute atomic E-state index is 10.3. The van der Waals surface area contributed by atoms with Gasteiger partial charge < -0.3 is 30.6 Å². The Kier molecular flexibility index (Phi) is 27.5. The summed E-state index contributed by atoms with van der Waals surface area (Å²) in [5.41, 5.74) is 0. The van der Waals surface area contributed by atoms with Crippen LogP contribution in [0.3, 0.4) is 0 Å². The molecular weight excluding hydrogens is 372 g/mol. The Morgan fingerprint density at radius 2 is 1.18 bits per heavy atom. The lowest BCUT2D eigenvalue weighted by molar-refractivity contribution is -0.159. The van der Waals surface area contributed by atoms with E-state index < -0.39 is 24.0 Å². The second-order valence-corrected chi connectivity index (χ2v) is 5.94. The standard InChI is InChI=1S/C14H26O2.C3H8O3.C2H2O4/c1-2-3-4-5-6-7-8-9-10-11-12-13-14(15)16;4-1-3(6)2-5;3-1(4)2(5)6/h5-6H,2-4,7-13H2,1H3,(H,15,16);3-6H,1-2H2;(H,3,4)(H,5,6)/b6-5-;;. The topological polar surface area (TPSA) is 173 Å². The molecule has 166 valence electrons. The van der Waals surface area contributed by atoms with Gasteiger partial charge in [0.2, 0.25) is 0 Å². The predicted molar refractivity (Wildman–Crippen MR) is 104 cm³/mol. The van der Waals surface area contributed by atoms with Crippen LogP contribution in [0.25, 0.3) is 0 Å². The maximum atomic E-state index is 10.3. The van der Waals surface area contributed by atoms with Crippen LogP contribution in [-0.2, 0) is 14.4 Å². The van der Waals surface area contributed by atoms with E-state index in [1.165, 1.54) is 44.9 Å². The molecule has 0 aliphatic carbocycles. The zero-order chi connectivity index (χ0) is 22.2. The average Bonchev–Trinajstić information content (AvgIpc) is 2.66. The minimum Gasteiger partial charge on any atom is -0.481 e. The third-order valence-corrected chi connectivity index (χ3v) is 3.26. The molecule has 6 N–H and O–H groups in total. The summed E-state index contributed by atoms with van der Waals surface area (Å²) in [5.74, 6) is -4.32. The Morgan fingerprint density at radius 1 is 0.750 bits per heavy atom. The lowest BCUT2D eigenvalue weighted by Crippen LogP contribution is -2.15. The van der Waals surface area contributed by atoms with Crippen molar-refractivity contribution in [3.63, 3.8) is 0 Å². The van der Waals surface area contributed by atoms with Crippen molar-refractivity contribution in [3.8, 4) is 0 Å². The van der Waals surface area contributed by atoms with Crippen LogP contribution in [0.5, 0.6) is 0 Å². The van der Waals surface area contributed by atoms with Crippen molar-refractivity contribution in [2.24, 2.45) is 0 Å². The molecule has 0 atom stereocenters. The van der Waals surface area contributed by atoms with Crippen LogP contribution in [0, 0.1) is 0 Å². The van der Waals surface area contributed by atoms with Crippen LogP contribution < -0.4 is 0 Å². The molecule has 0 bridgehead atoms. The van der Waals surface area contributed by atoms with Crippen LogP contribution >= 0.6 is 0 Å². The van der Waals surface area contributed by atoms with Gasteiger partial charge in [-0.3, -0.25) is 4.79 Å². The highest BCUT2D eigenvalue weighted by atomic mass is 16.4. The number of carbonyl (C=O) groups is 3.